The van der Waals surface area contributed by atoms with Crippen molar-refractivity contribution in [2.45, 2.75) is 38.6 Å². The number of carbonyl (C=O) groups is 3. The van der Waals surface area contributed by atoms with Gasteiger partial charge < -0.3 is 10.2 Å². The molecule has 6 heteroatoms. The highest BCUT2D eigenvalue weighted by Gasteiger charge is 2.40. The summed E-state index contributed by atoms with van der Waals surface area (Å²) in [6.07, 6.45) is 5.83. The van der Waals surface area contributed by atoms with Crippen LogP contribution in [-0.2, 0) is 11.3 Å². The Morgan fingerprint density at radius 3 is 2.50 bits per heavy atom. The Hall–Kier alpha value is -2.37. The van der Waals surface area contributed by atoms with Gasteiger partial charge in [-0.25, -0.2) is 9.59 Å². The van der Waals surface area contributed by atoms with E-state index in [1.807, 2.05) is 30.3 Å². The van der Waals surface area contributed by atoms with E-state index in [2.05, 4.69) is 5.32 Å². The first kappa shape index (κ1) is 16.5. The van der Waals surface area contributed by atoms with Crippen LogP contribution in [0.4, 0.5) is 9.59 Å². The zero-order valence-electron chi connectivity index (χ0n) is 13.7. The molecule has 0 atom stereocenters. The quantitative estimate of drug-likeness (QED) is 0.864. The van der Waals surface area contributed by atoms with Gasteiger partial charge >= 0.3 is 12.1 Å². The predicted octanol–water partition coefficient (Wildman–Crippen LogP) is 2.74. The summed E-state index contributed by atoms with van der Waals surface area (Å²) in [5.41, 5.74) is 0.933. The number of benzene rings is 1. The molecule has 1 heterocycles. The van der Waals surface area contributed by atoms with Gasteiger partial charge in [0.1, 0.15) is 6.54 Å². The second kappa shape index (κ2) is 7.47. The highest BCUT2D eigenvalue weighted by Crippen LogP contribution is 2.23. The van der Waals surface area contributed by atoms with Crippen molar-refractivity contribution in [2.75, 3.05) is 13.1 Å². The van der Waals surface area contributed by atoms with Gasteiger partial charge in [-0.3, -0.25) is 4.79 Å². The van der Waals surface area contributed by atoms with E-state index in [1.165, 1.54) is 24.2 Å². The SMILES string of the molecule is O=C1CN(Cc2ccccc2)C(=O)N1C(=O)NCC1CCCCC1. The molecule has 24 heavy (non-hydrogen) atoms. The van der Waals surface area contributed by atoms with E-state index in [-0.39, 0.29) is 6.54 Å². The lowest BCUT2D eigenvalue weighted by molar-refractivity contribution is -0.123. The third kappa shape index (κ3) is 3.75. The summed E-state index contributed by atoms with van der Waals surface area (Å²) < 4.78 is 0. The standard InChI is InChI=1S/C18H23N3O3/c22-16-13-20(12-15-9-5-2-6-10-15)18(24)21(16)17(23)19-11-14-7-3-1-4-8-14/h2,5-6,9-10,14H,1,3-4,7-8,11-13H2,(H,19,23). The molecule has 2 aliphatic rings. The van der Waals surface area contributed by atoms with E-state index >= 15 is 0 Å². The lowest BCUT2D eigenvalue weighted by Crippen LogP contribution is -2.45. The zero-order valence-corrected chi connectivity index (χ0v) is 13.7. The van der Waals surface area contributed by atoms with Crippen LogP contribution in [0.15, 0.2) is 30.3 Å². The van der Waals surface area contributed by atoms with Crippen molar-refractivity contribution < 1.29 is 14.4 Å². The highest BCUT2D eigenvalue weighted by atomic mass is 16.2. The van der Waals surface area contributed by atoms with E-state index in [0.29, 0.717) is 19.0 Å². The van der Waals surface area contributed by atoms with E-state index in [0.717, 1.165) is 23.3 Å². The van der Waals surface area contributed by atoms with Crippen molar-refractivity contribution in [1.82, 2.24) is 15.1 Å². The molecule has 2 fully saturated rings. The molecular formula is C18H23N3O3. The fourth-order valence-corrected chi connectivity index (χ4v) is 3.38. The normalized spacial score (nSPS) is 19.0. The Balaban J connectivity index is 1.56. The highest BCUT2D eigenvalue weighted by molar-refractivity contribution is 6.14. The third-order valence-electron chi connectivity index (χ3n) is 4.72. The summed E-state index contributed by atoms with van der Waals surface area (Å²) in [4.78, 5) is 38.9. The van der Waals surface area contributed by atoms with Crippen molar-refractivity contribution in [2.24, 2.45) is 5.92 Å². The lowest BCUT2D eigenvalue weighted by Gasteiger charge is -2.23. The van der Waals surface area contributed by atoms with Gasteiger partial charge in [-0.05, 0) is 24.3 Å². The first-order valence-electron chi connectivity index (χ1n) is 8.59. The number of urea groups is 2. The molecule has 1 aromatic carbocycles. The number of imide groups is 3. The molecule has 1 saturated carbocycles. The molecule has 1 aliphatic heterocycles. The minimum Gasteiger partial charge on any atom is -0.337 e. The van der Waals surface area contributed by atoms with E-state index in [4.69, 9.17) is 0 Å². The zero-order chi connectivity index (χ0) is 16.9. The lowest BCUT2D eigenvalue weighted by atomic mass is 9.89. The summed E-state index contributed by atoms with van der Waals surface area (Å²) in [6.45, 7) is 0.816. The van der Waals surface area contributed by atoms with Gasteiger partial charge in [0.25, 0.3) is 5.91 Å². The van der Waals surface area contributed by atoms with Crippen molar-refractivity contribution in [1.29, 1.82) is 0 Å². The van der Waals surface area contributed by atoms with Crippen LogP contribution in [0.25, 0.3) is 0 Å². The van der Waals surface area contributed by atoms with Crippen LogP contribution in [0.1, 0.15) is 37.7 Å². The van der Waals surface area contributed by atoms with E-state index in [1.54, 1.807) is 0 Å². The molecule has 0 unspecified atom stereocenters. The van der Waals surface area contributed by atoms with E-state index < -0.39 is 18.0 Å². The Morgan fingerprint density at radius 2 is 1.79 bits per heavy atom. The molecule has 1 N–H and O–H groups in total. The Labute approximate surface area is 141 Å². The summed E-state index contributed by atoms with van der Waals surface area (Å²) in [7, 11) is 0. The number of amides is 5. The second-order valence-corrected chi connectivity index (χ2v) is 6.54. The average molecular weight is 329 g/mol. The minimum atomic E-state index is -0.592. The number of rotatable bonds is 4. The maximum absolute atomic E-state index is 12.4. The largest absolute Gasteiger partial charge is 0.337 e. The second-order valence-electron chi connectivity index (χ2n) is 6.54. The van der Waals surface area contributed by atoms with Crippen LogP contribution in [0.5, 0.6) is 0 Å². The van der Waals surface area contributed by atoms with Gasteiger partial charge in [-0.1, -0.05) is 49.6 Å². The van der Waals surface area contributed by atoms with Crippen LogP contribution >= 0.6 is 0 Å². The summed E-state index contributed by atoms with van der Waals surface area (Å²) >= 11 is 0. The first-order valence-corrected chi connectivity index (χ1v) is 8.59. The molecule has 0 aromatic heterocycles. The molecule has 1 aromatic rings. The first-order chi connectivity index (χ1) is 11.6. The summed E-state index contributed by atoms with van der Waals surface area (Å²) in [6, 6.07) is 8.31. The maximum atomic E-state index is 12.4. The maximum Gasteiger partial charge on any atom is 0.335 e. The Morgan fingerprint density at radius 1 is 1.08 bits per heavy atom. The molecule has 1 saturated heterocycles. The fourth-order valence-electron chi connectivity index (χ4n) is 3.38. The Kier molecular flexibility index (Phi) is 5.13. The van der Waals surface area contributed by atoms with Crippen LogP contribution in [0, 0.1) is 5.92 Å². The fraction of sp³-hybridized carbons (Fsp3) is 0.500. The van der Waals surface area contributed by atoms with Crippen LogP contribution in [-0.4, -0.2) is 40.9 Å². The van der Waals surface area contributed by atoms with Gasteiger partial charge in [0.2, 0.25) is 0 Å². The number of nitrogens with zero attached hydrogens (tertiary/aromatic N) is 2. The topological polar surface area (TPSA) is 69.7 Å². The molecule has 1 aliphatic carbocycles. The molecule has 5 amide bonds. The molecule has 0 radical (unpaired) electrons. The average Bonchev–Trinajstić information content (AvgIpc) is 2.88. The van der Waals surface area contributed by atoms with Crippen LogP contribution in [0.2, 0.25) is 0 Å². The van der Waals surface area contributed by atoms with Gasteiger partial charge in [0.15, 0.2) is 0 Å². The van der Waals surface area contributed by atoms with Crippen LogP contribution in [0.3, 0.4) is 0 Å². The van der Waals surface area contributed by atoms with Crippen molar-refractivity contribution in [3.8, 4) is 0 Å². The van der Waals surface area contributed by atoms with Gasteiger partial charge in [0, 0.05) is 13.1 Å². The van der Waals surface area contributed by atoms with Gasteiger partial charge in [-0.2, -0.15) is 4.90 Å². The summed E-state index contributed by atoms with van der Waals surface area (Å²) in [5, 5.41) is 2.76. The number of carbonyl (C=O) groups excluding carboxylic acids is 3. The van der Waals surface area contributed by atoms with Crippen LogP contribution < -0.4 is 5.32 Å². The Bertz CT molecular complexity index is 611. The van der Waals surface area contributed by atoms with E-state index in [9.17, 15) is 14.4 Å². The molecular weight excluding hydrogens is 306 g/mol. The monoisotopic (exact) mass is 329 g/mol. The number of hydrogen-bond acceptors (Lipinski definition) is 3. The van der Waals surface area contributed by atoms with Crippen molar-refractivity contribution in [3.63, 3.8) is 0 Å². The molecule has 0 bridgehead atoms. The van der Waals surface area contributed by atoms with Gasteiger partial charge in [0.05, 0.1) is 0 Å². The molecule has 6 nitrogen and oxygen atoms in total. The van der Waals surface area contributed by atoms with Crippen molar-refractivity contribution in [3.05, 3.63) is 35.9 Å². The molecule has 3 rings (SSSR count). The predicted molar refractivity (Wildman–Crippen MR) is 89.1 cm³/mol. The van der Waals surface area contributed by atoms with Crippen molar-refractivity contribution >= 4 is 18.0 Å². The smallest absolute Gasteiger partial charge is 0.335 e. The third-order valence-corrected chi connectivity index (χ3v) is 4.72. The number of nitrogens with one attached hydrogen (secondary N) is 1. The molecule has 128 valence electrons. The van der Waals surface area contributed by atoms with Gasteiger partial charge in [-0.15, -0.1) is 0 Å². The minimum absolute atomic E-state index is 0.0510. The number of hydrogen-bond donors (Lipinski definition) is 1. The summed E-state index contributed by atoms with van der Waals surface area (Å²) in [5.74, 6) is -0.00648. The molecule has 0 spiro atoms.